The number of hydrogen-bond donors (Lipinski definition) is 2. The molecule has 2 aliphatic carbocycles. The van der Waals surface area contributed by atoms with Gasteiger partial charge in [0, 0.05) is 22.5 Å². The molecule has 0 spiro atoms. The zero-order valence-electron chi connectivity index (χ0n) is 11.6. The van der Waals surface area contributed by atoms with Crippen molar-refractivity contribution in [1.29, 1.82) is 0 Å². The van der Waals surface area contributed by atoms with E-state index in [1.165, 1.54) is 0 Å². The predicted molar refractivity (Wildman–Crippen MR) is 69.0 cm³/mol. The lowest BCUT2D eigenvalue weighted by molar-refractivity contribution is -0.137. The van der Waals surface area contributed by atoms with Crippen molar-refractivity contribution in [2.24, 2.45) is 11.3 Å². The summed E-state index contributed by atoms with van der Waals surface area (Å²) in [6.45, 7) is 5.53. The maximum absolute atomic E-state index is 11.6. The van der Waals surface area contributed by atoms with Gasteiger partial charge in [-0.15, -0.1) is 0 Å². The van der Waals surface area contributed by atoms with E-state index in [1.54, 1.807) is 6.92 Å². The van der Waals surface area contributed by atoms with Crippen molar-refractivity contribution in [2.45, 2.75) is 51.7 Å². The standard InChI is InChI=1S/C15H20O4/c1-8-9-6-11-14(2,7-10(9)19-13(8)17)12(16)4-5-15(11,3)18/h7,11-12,16,18H,4-6H2,1-3H3/t11-,12-,14-,15-/m0/s1. The van der Waals surface area contributed by atoms with Crippen LogP contribution in [0.4, 0.5) is 0 Å². The number of aliphatic hydroxyl groups excluding tert-OH is 1. The number of carbonyl (C=O) groups is 1. The molecular weight excluding hydrogens is 244 g/mol. The Labute approximate surface area is 112 Å². The van der Waals surface area contributed by atoms with E-state index in [0.29, 0.717) is 30.6 Å². The lowest BCUT2D eigenvalue weighted by Gasteiger charge is -2.53. The number of rotatable bonds is 0. The fraction of sp³-hybridized carbons (Fsp3) is 0.667. The van der Waals surface area contributed by atoms with Gasteiger partial charge in [0.1, 0.15) is 5.76 Å². The Kier molecular flexibility index (Phi) is 2.51. The molecule has 3 rings (SSSR count). The van der Waals surface area contributed by atoms with Crippen LogP contribution in [-0.4, -0.2) is 27.9 Å². The second-order valence-corrected chi connectivity index (χ2v) is 6.54. The van der Waals surface area contributed by atoms with Crippen molar-refractivity contribution in [3.8, 4) is 0 Å². The van der Waals surface area contributed by atoms with Gasteiger partial charge in [-0.05, 0) is 39.2 Å². The van der Waals surface area contributed by atoms with Gasteiger partial charge in [0.25, 0.3) is 0 Å². The SMILES string of the molecule is CC1=C2C[C@H]3[C@](C)(C=C2OC1=O)[C@@H](O)CC[C@]3(C)O. The average molecular weight is 264 g/mol. The highest BCUT2D eigenvalue weighted by Crippen LogP contribution is 2.55. The number of carbonyl (C=O) groups excluding carboxylic acids is 1. The molecule has 0 aromatic rings. The van der Waals surface area contributed by atoms with Gasteiger partial charge < -0.3 is 14.9 Å². The minimum atomic E-state index is -0.824. The topological polar surface area (TPSA) is 66.8 Å². The summed E-state index contributed by atoms with van der Waals surface area (Å²) in [5, 5.41) is 21.0. The first-order chi connectivity index (χ1) is 8.75. The molecule has 2 N–H and O–H groups in total. The summed E-state index contributed by atoms with van der Waals surface area (Å²) in [5.41, 5.74) is 0.159. The lowest BCUT2D eigenvalue weighted by atomic mass is 9.55. The van der Waals surface area contributed by atoms with E-state index in [2.05, 4.69) is 0 Å². The Bertz CT molecular complexity index is 514. The minimum absolute atomic E-state index is 0.0908. The van der Waals surface area contributed by atoms with Crippen LogP contribution in [0.25, 0.3) is 0 Å². The molecule has 0 aromatic carbocycles. The van der Waals surface area contributed by atoms with E-state index in [-0.39, 0.29) is 11.9 Å². The number of ether oxygens (including phenoxy) is 1. The molecule has 1 fully saturated rings. The Morgan fingerprint density at radius 1 is 1.42 bits per heavy atom. The van der Waals surface area contributed by atoms with Gasteiger partial charge in [0.15, 0.2) is 0 Å². The molecule has 0 aromatic heterocycles. The number of esters is 1. The molecule has 1 saturated carbocycles. The summed E-state index contributed by atoms with van der Waals surface area (Å²) < 4.78 is 5.26. The molecule has 4 atom stereocenters. The zero-order chi connectivity index (χ0) is 14.0. The van der Waals surface area contributed by atoms with E-state index in [4.69, 9.17) is 4.74 Å². The van der Waals surface area contributed by atoms with Gasteiger partial charge >= 0.3 is 5.97 Å². The second-order valence-electron chi connectivity index (χ2n) is 6.54. The number of aliphatic hydroxyl groups is 2. The summed E-state index contributed by atoms with van der Waals surface area (Å²) >= 11 is 0. The monoisotopic (exact) mass is 264 g/mol. The van der Waals surface area contributed by atoms with Crippen molar-refractivity contribution in [2.75, 3.05) is 0 Å². The van der Waals surface area contributed by atoms with Gasteiger partial charge in [-0.25, -0.2) is 4.79 Å². The Hall–Kier alpha value is -1.13. The van der Waals surface area contributed by atoms with Crippen molar-refractivity contribution in [3.63, 3.8) is 0 Å². The minimum Gasteiger partial charge on any atom is -0.423 e. The molecule has 1 aliphatic heterocycles. The maximum atomic E-state index is 11.6. The van der Waals surface area contributed by atoms with Crippen LogP contribution >= 0.6 is 0 Å². The Balaban J connectivity index is 2.13. The highest BCUT2D eigenvalue weighted by molar-refractivity contribution is 5.94. The Morgan fingerprint density at radius 2 is 2.11 bits per heavy atom. The first kappa shape index (κ1) is 12.9. The summed E-state index contributed by atoms with van der Waals surface area (Å²) in [5.74, 6) is 0.183. The van der Waals surface area contributed by atoms with Crippen molar-refractivity contribution >= 4 is 5.97 Å². The van der Waals surface area contributed by atoms with Gasteiger partial charge in [0.05, 0.1) is 11.7 Å². The third-order valence-electron chi connectivity index (χ3n) is 5.25. The summed E-state index contributed by atoms with van der Waals surface area (Å²) in [6, 6.07) is 0. The molecule has 3 aliphatic rings. The van der Waals surface area contributed by atoms with Crippen LogP contribution in [0.15, 0.2) is 23.0 Å². The number of fused-ring (bicyclic) bond motifs is 2. The van der Waals surface area contributed by atoms with E-state index < -0.39 is 17.1 Å². The molecule has 0 amide bonds. The highest BCUT2D eigenvalue weighted by Gasteiger charge is 2.55. The fourth-order valence-electron chi connectivity index (χ4n) is 3.86. The molecule has 0 saturated heterocycles. The van der Waals surface area contributed by atoms with Crippen LogP contribution in [0.1, 0.15) is 40.0 Å². The van der Waals surface area contributed by atoms with Crippen LogP contribution in [0.3, 0.4) is 0 Å². The largest absolute Gasteiger partial charge is 0.423 e. The average Bonchev–Trinajstić information content (AvgIpc) is 2.59. The third-order valence-corrected chi connectivity index (χ3v) is 5.25. The molecule has 4 heteroatoms. The fourth-order valence-corrected chi connectivity index (χ4v) is 3.86. The van der Waals surface area contributed by atoms with Crippen LogP contribution in [0.2, 0.25) is 0 Å². The maximum Gasteiger partial charge on any atom is 0.339 e. The van der Waals surface area contributed by atoms with Crippen LogP contribution < -0.4 is 0 Å². The van der Waals surface area contributed by atoms with Gasteiger partial charge in [-0.3, -0.25) is 0 Å². The molecule has 104 valence electrons. The first-order valence-electron chi connectivity index (χ1n) is 6.81. The molecule has 4 nitrogen and oxygen atoms in total. The normalized spacial score (nSPS) is 45.5. The van der Waals surface area contributed by atoms with Gasteiger partial charge in [-0.1, -0.05) is 6.92 Å². The smallest absolute Gasteiger partial charge is 0.339 e. The van der Waals surface area contributed by atoms with Crippen molar-refractivity contribution < 1.29 is 19.7 Å². The Morgan fingerprint density at radius 3 is 2.79 bits per heavy atom. The quantitative estimate of drug-likeness (QED) is 0.653. The molecule has 0 unspecified atom stereocenters. The van der Waals surface area contributed by atoms with E-state index in [1.807, 2.05) is 19.9 Å². The molecule has 1 heterocycles. The molecule has 19 heavy (non-hydrogen) atoms. The summed E-state index contributed by atoms with van der Waals surface area (Å²) in [4.78, 5) is 11.6. The van der Waals surface area contributed by atoms with Gasteiger partial charge in [-0.2, -0.15) is 0 Å². The number of hydrogen-bond acceptors (Lipinski definition) is 4. The van der Waals surface area contributed by atoms with E-state index in [0.717, 1.165) is 5.57 Å². The molecule has 0 radical (unpaired) electrons. The second kappa shape index (κ2) is 3.70. The third kappa shape index (κ3) is 1.63. The molecular formula is C15H20O4. The lowest BCUT2D eigenvalue weighted by Crippen LogP contribution is -2.55. The summed E-state index contributed by atoms with van der Waals surface area (Å²) in [7, 11) is 0. The van der Waals surface area contributed by atoms with Crippen LogP contribution in [0, 0.1) is 11.3 Å². The van der Waals surface area contributed by atoms with Crippen molar-refractivity contribution in [1.82, 2.24) is 0 Å². The van der Waals surface area contributed by atoms with E-state index >= 15 is 0 Å². The predicted octanol–water partition coefficient (Wildman–Crippen LogP) is 1.68. The van der Waals surface area contributed by atoms with Gasteiger partial charge in [0.2, 0.25) is 0 Å². The van der Waals surface area contributed by atoms with E-state index in [9.17, 15) is 15.0 Å². The highest BCUT2D eigenvalue weighted by atomic mass is 16.5. The first-order valence-corrected chi connectivity index (χ1v) is 6.81. The zero-order valence-corrected chi connectivity index (χ0v) is 11.6. The van der Waals surface area contributed by atoms with Crippen molar-refractivity contribution in [3.05, 3.63) is 23.0 Å². The molecule has 0 bridgehead atoms. The van der Waals surface area contributed by atoms with Crippen LogP contribution in [0.5, 0.6) is 0 Å². The number of allylic oxidation sites excluding steroid dienone is 1. The van der Waals surface area contributed by atoms with Crippen LogP contribution in [-0.2, 0) is 9.53 Å². The summed E-state index contributed by atoms with van der Waals surface area (Å²) in [6.07, 6.45) is 3.08.